The van der Waals surface area contributed by atoms with Crippen molar-refractivity contribution in [3.63, 3.8) is 0 Å². The molecule has 9 heteroatoms. The molecule has 2 rings (SSSR count). The number of aryl methyl sites for hydroxylation is 1. The van der Waals surface area contributed by atoms with Crippen molar-refractivity contribution >= 4 is 33.4 Å². The predicted octanol–water partition coefficient (Wildman–Crippen LogP) is 1.04. The number of hydrogen-bond donors (Lipinski definition) is 2. The molecular formula is C16H22N4O4S. The van der Waals surface area contributed by atoms with Crippen LogP contribution in [0.15, 0.2) is 4.79 Å². The number of nitrogens with one attached hydrogen (secondary N) is 2. The highest BCUT2D eigenvalue weighted by molar-refractivity contribution is 7.20. The van der Waals surface area contributed by atoms with Gasteiger partial charge in [0.2, 0.25) is 5.91 Å². The number of thiophene rings is 1. The molecule has 0 aliphatic rings. The molecule has 2 aromatic rings. The van der Waals surface area contributed by atoms with E-state index in [2.05, 4.69) is 15.3 Å². The number of methoxy groups -OCH3 is 1. The second-order valence-electron chi connectivity index (χ2n) is 5.50. The molecule has 25 heavy (non-hydrogen) atoms. The standard InChI is InChI=1S/C16H22N4O4S/c1-5-17-11(21)8-20(6-2)7-10-18-14(22)12-9(3)13(16(23)24-4)25-15(12)19-10/h5-8H2,1-4H3,(H,17,21)(H,18,19,22). The number of carbonyl (C=O) groups excluding carboxylic acids is 2. The van der Waals surface area contributed by atoms with Crippen LogP contribution in [0.2, 0.25) is 0 Å². The summed E-state index contributed by atoms with van der Waals surface area (Å²) in [5.41, 5.74) is 0.278. The fraction of sp³-hybridized carbons (Fsp3) is 0.500. The van der Waals surface area contributed by atoms with Crippen LogP contribution in [0.25, 0.3) is 10.2 Å². The van der Waals surface area contributed by atoms with Crippen LogP contribution in [0, 0.1) is 6.92 Å². The highest BCUT2D eigenvalue weighted by Crippen LogP contribution is 2.27. The van der Waals surface area contributed by atoms with Gasteiger partial charge in [-0.1, -0.05) is 6.92 Å². The van der Waals surface area contributed by atoms with Gasteiger partial charge in [-0.15, -0.1) is 11.3 Å². The maximum Gasteiger partial charge on any atom is 0.348 e. The molecule has 2 N–H and O–H groups in total. The minimum atomic E-state index is -0.479. The number of carbonyl (C=O) groups is 2. The van der Waals surface area contributed by atoms with E-state index < -0.39 is 5.97 Å². The first-order valence-electron chi connectivity index (χ1n) is 8.00. The number of aromatic amines is 1. The first-order valence-corrected chi connectivity index (χ1v) is 8.82. The zero-order chi connectivity index (χ0) is 18.6. The smallest absolute Gasteiger partial charge is 0.348 e. The first-order chi connectivity index (χ1) is 11.9. The van der Waals surface area contributed by atoms with Gasteiger partial charge in [-0.3, -0.25) is 14.5 Å². The largest absolute Gasteiger partial charge is 0.465 e. The zero-order valence-corrected chi connectivity index (χ0v) is 15.6. The Morgan fingerprint density at radius 3 is 2.68 bits per heavy atom. The third kappa shape index (κ3) is 4.23. The molecule has 0 atom stereocenters. The Kier molecular flexibility index (Phi) is 6.27. The highest BCUT2D eigenvalue weighted by Gasteiger charge is 2.20. The molecule has 0 aliphatic carbocycles. The number of nitrogens with zero attached hydrogens (tertiary/aromatic N) is 2. The van der Waals surface area contributed by atoms with Gasteiger partial charge in [0.15, 0.2) is 0 Å². The molecule has 0 unspecified atom stereocenters. The average Bonchev–Trinajstić information content (AvgIpc) is 2.90. The Balaban J connectivity index is 2.32. The van der Waals surface area contributed by atoms with Gasteiger partial charge >= 0.3 is 5.97 Å². The lowest BCUT2D eigenvalue weighted by Gasteiger charge is -2.18. The van der Waals surface area contributed by atoms with Crippen molar-refractivity contribution in [3.05, 3.63) is 26.6 Å². The van der Waals surface area contributed by atoms with Crippen molar-refractivity contribution in [2.24, 2.45) is 0 Å². The van der Waals surface area contributed by atoms with Crippen LogP contribution in [0.1, 0.15) is 34.9 Å². The summed E-state index contributed by atoms with van der Waals surface area (Å²) in [4.78, 5) is 45.9. The molecule has 0 fully saturated rings. The van der Waals surface area contributed by atoms with Crippen LogP contribution in [0.5, 0.6) is 0 Å². The summed E-state index contributed by atoms with van der Waals surface area (Å²) in [6, 6.07) is 0. The van der Waals surface area contributed by atoms with E-state index in [1.165, 1.54) is 7.11 Å². The number of fused-ring (bicyclic) bond motifs is 1. The van der Waals surface area contributed by atoms with Crippen molar-refractivity contribution in [2.75, 3.05) is 26.7 Å². The first kappa shape index (κ1) is 19.1. The number of hydrogen-bond acceptors (Lipinski definition) is 7. The molecule has 0 saturated carbocycles. The summed E-state index contributed by atoms with van der Waals surface area (Å²) in [6.07, 6.45) is 0. The Labute approximate surface area is 149 Å². The molecular weight excluding hydrogens is 344 g/mol. The number of H-pyrrole nitrogens is 1. The molecule has 8 nitrogen and oxygen atoms in total. The molecule has 2 aromatic heterocycles. The Bertz CT molecular complexity index is 843. The third-order valence-electron chi connectivity index (χ3n) is 3.78. The second-order valence-corrected chi connectivity index (χ2v) is 6.50. The van der Waals surface area contributed by atoms with E-state index >= 15 is 0 Å². The van der Waals surface area contributed by atoms with Crippen LogP contribution in [-0.2, 0) is 16.1 Å². The molecule has 0 aromatic carbocycles. The predicted molar refractivity (Wildman–Crippen MR) is 96.0 cm³/mol. The molecule has 136 valence electrons. The number of rotatable bonds is 7. The minimum absolute atomic E-state index is 0.0762. The van der Waals surface area contributed by atoms with Crippen molar-refractivity contribution in [2.45, 2.75) is 27.3 Å². The van der Waals surface area contributed by atoms with Crippen LogP contribution < -0.4 is 10.9 Å². The van der Waals surface area contributed by atoms with Gasteiger partial charge in [0.05, 0.1) is 25.6 Å². The number of esters is 1. The monoisotopic (exact) mass is 366 g/mol. The van der Waals surface area contributed by atoms with Crippen LogP contribution in [-0.4, -0.2) is 53.5 Å². The average molecular weight is 366 g/mol. The Morgan fingerprint density at radius 1 is 1.36 bits per heavy atom. The van der Waals surface area contributed by atoms with E-state index in [0.717, 1.165) is 11.3 Å². The summed E-state index contributed by atoms with van der Waals surface area (Å²) >= 11 is 1.14. The lowest BCUT2D eigenvalue weighted by atomic mass is 10.2. The van der Waals surface area contributed by atoms with E-state index in [4.69, 9.17) is 4.74 Å². The summed E-state index contributed by atoms with van der Waals surface area (Å²) in [5.74, 6) is -0.0955. The van der Waals surface area contributed by atoms with E-state index in [9.17, 15) is 14.4 Å². The van der Waals surface area contributed by atoms with E-state index in [-0.39, 0.29) is 18.0 Å². The molecule has 0 radical (unpaired) electrons. The molecule has 2 heterocycles. The fourth-order valence-corrected chi connectivity index (χ4v) is 3.62. The van der Waals surface area contributed by atoms with Crippen molar-refractivity contribution in [1.29, 1.82) is 0 Å². The molecule has 0 bridgehead atoms. The molecule has 0 saturated heterocycles. The number of amides is 1. The normalized spacial score (nSPS) is 11.1. The fourth-order valence-electron chi connectivity index (χ4n) is 2.50. The zero-order valence-electron chi connectivity index (χ0n) is 14.8. The van der Waals surface area contributed by atoms with Gasteiger partial charge in [0.25, 0.3) is 5.56 Å². The minimum Gasteiger partial charge on any atom is -0.465 e. The molecule has 0 aliphatic heterocycles. The van der Waals surface area contributed by atoms with Gasteiger partial charge < -0.3 is 15.0 Å². The maximum atomic E-state index is 12.4. The summed E-state index contributed by atoms with van der Waals surface area (Å²) in [6.45, 7) is 7.26. The maximum absolute atomic E-state index is 12.4. The number of ether oxygens (including phenoxy) is 1. The summed E-state index contributed by atoms with van der Waals surface area (Å²) in [5, 5.41) is 3.15. The molecule has 0 spiro atoms. The van der Waals surface area contributed by atoms with Gasteiger partial charge in [0, 0.05) is 6.54 Å². The lowest BCUT2D eigenvalue weighted by Crippen LogP contribution is -2.37. The highest BCUT2D eigenvalue weighted by atomic mass is 32.1. The van der Waals surface area contributed by atoms with Gasteiger partial charge in [-0.05, 0) is 26.0 Å². The van der Waals surface area contributed by atoms with Gasteiger partial charge in [-0.2, -0.15) is 0 Å². The third-order valence-corrected chi connectivity index (χ3v) is 4.95. The van der Waals surface area contributed by atoms with E-state index in [0.29, 0.717) is 46.1 Å². The molecule has 1 amide bonds. The summed E-state index contributed by atoms with van der Waals surface area (Å²) < 4.78 is 4.74. The van der Waals surface area contributed by atoms with Crippen molar-refractivity contribution < 1.29 is 14.3 Å². The SMILES string of the molecule is CCNC(=O)CN(CC)Cc1nc2sc(C(=O)OC)c(C)c2c(=O)[nH]1. The van der Waals surface area contributed by atoms with Crippen molar-refractivity contribution in [3.8, 4) is 0 Å². The van der Waals surface area contributed by atoms with Crippen LogP contribution in [0.4, 0.5) is 0 Å². The topological polar surface area (TPSA) is 104 Å². The van der Waals surface area contributed by atoms with Gasteiger partial charge in [0.1, 0.15) is 15.5 Å². The lowest BCUT2D eigenvalue weighted by molar-refractivity contribution is -0.122. The van der Waals surface area contributed by atoms with Crippen molar-refractivity contribution in [1.82, 2.24) is 20.2 Å². The van der Waals surface area contributed by atoms with Crippen LogP contribution >= 0.6 is 11.3 Å². The quantitative estimate of drug-likeness (QED) is 0.710. The van der Waals surface area contributed by atoms with Gasteiger partial charge in [-0.25, -0.2) is 9.78 Å². The summed E-state index contributed by atoms with van der Waals surface area (Å²) in [7, 11) is 1.30. The van der Waals surface area contributed by atoms with Crippen LogP contribution in [0.3, 0.4) is 0 Å². The number of likely N-dealkylation sites (N-methyl/N-ethyl adjacent to an activating group) is 2. The Morgan fingerprint density at radius 2 is 2.08 bits per heavy atom. The van der Waals surface area contributed by atoms with E-state index in [1.807, 2.05) is 18.7 Å². The Hall–Kier alpha value is -2.26. The number of aromatic nitrogens is 2. The second kappa shape index (κ2) is 8.21. The van der Waals surface area contributed by atoms with E-state index in [1.54, 1.807) is 6.92 Å².